The third-order valence-electron chi connectivity index (χ3n) is 4.58. The van der Waals surface area contributed by atoms with Gasteiger partial charge < -0.3 is 4.90 Å². The Morgan fingerprint density at radius 2 is 1.96 bits per heavy atom. The summed E-state index contributed by atoms with van der Waals surface area (Å²) in [5.41, 5.74) is 3.33. The second-order valence-corrected chi connectivity index (χ2v) is 7.26. The van der Waals surface area contributed by atoms with E-state index in [9.17, 15) is 9.59 Å². The van der Waals surface area contributed by atoms with Crippen molar-refractivity contribution in [3.05, 3.63) is 46.9 Å². The van der Waals surface area contributed by atoms with E-state index in [4.69, 9.17) is 0 Å². The monoisotopic (exact) mass is 342 g/mol. The van der Waals surface area contributed by atoms with Crippen molar-refractivity contribution in [1.29, 1.82) is 0 Å². The van der Waals surface area contributed by atoms with Crippen LogP contribution in [0.15, 0.2) is 35.8 Å². The van der Waals surface area contributed by atoms with Crippen molar-refractivity contribution in [2.75, 3.05) is 18.0 Å². The summed E-state index contributed by atoms with van der Waals surface area (Å²) in [6, 6.07) is 6.00. The highest BCUT2D eigenvalue weighted by Gasteiger charge is 2.37. The summed E-state index contributed by atoms with van der Waals surface area (Å²) in [5.74, 6) is -0.236. The average Bonchev–Trinajstić information content (AvgIpc) is 3.18. The van der Waals surface area contributed by atoms with Crippen LogP contribution in [0.4, 0.5) is 10.5 Å². The fourth-order valence-corrected chi connectivity index (χ4v) is 3.98. The van der Waals surface area contributed by atoms with E-state index in [1.165, 1.54) is 23.4 Å². The van der Waals surface area contributed by atoms with E-state index in [2.05, 4.69) is 23.6 Å². The predicted octanol–water partition coefficient (Wildman–Crippen LogP) is 4.21. The number of rotatable bonds is 4. The predicted molar refractivity (Wildman–Crippen MR) is 100 cm³/mol. The molecule has 0 spiro atoms. The van der Waals surface area contributed by atoms with E-state index in [-0.39, 0.29) is 17.2 Å². The number of carbonyl (C=O) groups is 2. The number of aryl methyl sites for hydroxylation is 1. The minimum atomic E-state index is -0.290. The molecule has 0 saturated carbocycles. The molecule has 2 amide bonds. The maximum Gasteiger partial charge on any atom is 0.294 e. The minimum absolute atomic E-state index is 0.231. The van der Waals surface area contributed by atoms with Crippen LogP contribution in [0.3, 0.4) is 0 Å². The first kappa shape index (κ1) is 16.8. The highest BCUT2D eigenvalue weighted by atomic mass is 32.2. The fraction of sp³-hybridized carbons (Fsp3) is 0.368. The molecular weight excluding hydrogens is 320 g/mol. The number of hydrogen-bond donors (Lipinski definition) is 0. The van der Waals surface area contributed by atoms with Gasteiger partial charge in [-0.25, -0.2) is 0 Å². The van der Waals surface area contributed by atoms with Gasteiger partial charge in [-0.1, -0.05) is 12.1 Å². The Morgan fingerprint density at radius 3 is 2.58 bits per heavy atom. The van der Waals surface area contributed by atoms with Crippen molar-refractivity contribution in [1.82, 2.24) is 4.90 Å². The first-order valence-electron chi connectivity index (χ1n) is 8.26. The van der Waals surface area contributed by atoms with Gasteiger partial charge in [0.15, 0.2) is 0 Å². The van der Waals surface area contributed by atoms with Crippen LogP contribution in [-0.4, -0.2) is 35.2 Å². The number of benzene rings is 1. The van der Waals surface area contributed by atoms with Crippen LogP contribution in [0.1, 0.15) is 30.9 Å². The lowest BCUT2D eigenvalue weighted by atomic mass is 10.1. The Hall–Kier alpha value is -2.01. The van der Waals surface area contributed by atoms with Gasteiger partial charge >= 0.3 is 0 Å². The molecular formula is C19H22N2O2S. The van der Waals surface area contributed by atoms with Crippen molar-refractivity contribution in [3.63, 3.8) is 0 Å². The van der Waals surface area contributed by atoms with Gasteiger partial charge in [-0.05, 0) is 67.8 Å². The largest absolute Gasteiger partial charge is 0.372 e. The Kier molecular flexibility index (Phi) is 4.81. The van der Waals surface area contributed by atoms with E-state index in [1.54, 1.807) is 13.0 Å². The standard InChI is InChI=1S/C19H22N2O2S/c1-4-14(3)21-18(22)17(24-19(21)23)12-15-7-8-16(11-13(15)2)20-9-5-6-10-20/h4,7-8,11-12,14H,1,5-6,9-10H2,2-3H3/b17-12-/t14-/m1/s1. The van der Waals surface area contributed by atoms with Crippen molar-refractivity contribution >= 4 is 34.7 Å². The second kappa shape index (κ2) is 6.85. The SMILES string of the molecule is C=C[C@@H](C)N1C(=O)S/C(=C\c2ccc(N3CCCC3)cc2C)C1=O. The Bertz CT molecular complexity index is 720. The summed E-state index contributed by atoms with van der Waals surface area (Å²) < 4.78 is 0. The molecule has 3 rings (SSSR count). The molecule has 126 valence electrons. The zero-order valence-corrected chi connectivity index (χ0v) is 14.9. The molecule has 1 atom stereocenters. The fourth-order valence-electron chi connectivity index (χ4n) is 3.07. The van der Waals surface area contributed by atoms with Crippen molar-refractivity contribution in [3.8, 4) is 0 Å². The summed E-state index contributed by atoms with van der Waals surface area (Å²) in [5, 5.41) is -0.231. The highest BCUT2D eigenvalue weighted by molar-refractivity contribution is 8.18. The molecule has 1 aromatic carbocycles. The smallest absolute Gasteiger partial charge is 0.294 e. The van der Waals surface area contributed by atoms with Crippen LogP contribution in [0.2, 0.25) is 0 Å². The molecule has 2 heterocycles. The normalized spacial score (nSPS) is 21.0. The molecule has 2 fully saturated rings. The first-order chi connectivity index (χ1) is 11.5. The third kappa shape index (κ3) is 3.13. The zero-order chi connectivity index (χ0) is 17.3. The van der Waals surface area contributed by atoms with Crippen LogP contribution in [0, 0.1) is 6.92 Å². The highest BCUT2D eigenvalue weighted by Crippen LogP contribution is 2.34. The van der Waals surface area contributed by atoms with Crippen LogP contribution in [0.25, 0.3) is 6.08 Å². The van der Waals surface area contributed by atoms with Crippen molar-refractivity contribution < 1.29 is 9.59 Å². The molecule has 0 N–H and O–H groups in total. The summed E-state index contributed by atoms with van der Waals surface area (Å²) in [6.07, 6.45) is 5.92. The Balaban J connectivity index is 1.85. The summed E-state index contributed by atoms with van der Waals surface area (Å²) in [7, 11) is 0. The molecule has 1 aromatic rings. The number of carbonyl (C=O) groups excluding carboxylic acids is 2. The molecule has 2 aliphatic rings. The average molecular weight is 342 g/mol. The quantitative estimate of drug-likeness (QED) is 0.607. The van der Waals surface area contributed by atoms with E-state index in [0.29, 0.717) is 4.91 Å². The summed E-state index contributed by atoms with van der Waals surface area (Å²) >= 11 is 0.999. The van der Waals surface area contributed by atoms with Gasteiger partial charge in [-0.15, -0.1) is 6.58 Å². The van der Waals surface area contributed by atoms with Gasteiger partial charge in [0, 0.05) is 18.8 Å². The van der Waals surface area contributed by atoms with Crippen LogP contribution in [0.5, 0.6) is 0 Å². The van der Waals surface area contributed by atoms with Gasteiger partial charge in [-0.3, -0.25) is 14.5 Å². The first-order valence-corrected chi connectivity index (χ1v) is 9.08. The van der Waals surface area contributed by atoms with Crippen molar-refractivity contribution in [2.45, 2.75) is 32.7 Å². The summed E-state index contributed by atoms with van der Waals surface area (Å²) in [4.78, 5) is 28.7. The lowest BCUT2D eigenvalue weighted by Crippen LogP contribution is -2.35. The molecule has 0 bridgehead atoms. The van der Waals surface area contributed by atoms with Gasteiger partial charge in [0.1, 0.15) is 0 Å². The lowest BCUT2D eigenvalue weighted by molar-refractivity contribution is -0.123. The number of thioether (sulfide) groups is 1. The molecule has 0 aliphatic carbocycles. The van der Waals surface area contributed by atoms with E-state index in [1.807, 2.05) is 19.1 Å². The number of amides is 2. The van der Waals surface area contributed by atoms with E-state index >= 15 is 0 Å². The molecule has 5 heteroatoms. The summed E-state index contributed by atoms with van der Waals surface area (Å²) in [6.45, 7) is 9.72. The van der Waals surface area contributed by atoms with Crippen LogP contribution in [-0.2, 0) is 4.79 Å². The number of imide groups is 1. The molecule has 2 aliphatic heterocycles. The third-order valence-corrected chi connectivity index (χ3v) is 5.47. The second-order valence-electron chi connectivity index (χ2n) is 6.26. The van der Waals surface area contributed by atoms with Crippen LogP contribution >= 0.6 is 11.8 Å². The van der Waals surface area contributed by atoms with Crippen molar-refractivity contribution in [2.24, 2.45) is 0 Å². The topological polar surface area (TPSA) is 40.6 Å². The van der Waals surface area contributed by atoms with Gasteiger partial charge in [-0.2, -0.15) is 0 Å². The van der Waals surface area contributed by atoms with Crippen LogP contribution < -0.4 is 4.90 Å². The maximum atomic E-state index is 12.5. The maximum absolute atomic E-state index is 12.5. The van der Waals surface area contributed by atoms with E-state index in [0.717, 1.165) is 36.0 Å². The number of anilines is 1. The Morgan fingerprint density at radius 1 is 1.25 bits per heavy atom. The molecule has 2 saturated heterocycles. The number of nitrogens with zero attached hydrogens (tertiary/aromatic N) is 2. The van der Waals surface area contributed by atoms with Gasteiger partial charge in [0.25, 0.3) is 11.1 Å². The van der Waals surface area contributed by atoms with Gasteiger partial charge in [0.05, 0.1) is 10.9 Å². The van der Waals surface area contributed by atoms with E-state index < -0.39 is 0 Å². The molecule has 24 heavy (non-hydrogen) atoms. The molecule has 0 unspecified atom stereocenters. The molecule has 4 nitrogen and oxygen atoms in total. The lowest BCUT2D eigenvalue weighted by Gasteiger charge is -2.19. The Labute approximate surface area is 147 Å². The van der Waals surface area contributed by atoms with Gasteiger partial charge in [0.2, 0.25) is 0 Å². The number of hydrogen-bond acceptors (Lipinski definition) is 4. The minimum Gasteiger partial charge on any atom is -0.372 e. The molecule has 0 aromatic heterocycles. The zero-order valence-electron chi connectivity index (χ0n) is 14.1. The molecule has 0 radical (unpaired) electrons.